The molecule has 0 spiro atoms. The fraction of sp³-hybridized carbons (Fsp3) is 1.00. The maximum Gasteiger partial charge on any atom is 0.264 e. The van der Waals surface area contributed by atoms with Crippen molar-refractivity contribution in [1.29, 1.82) is 0 Å². The molecule has 0 aromatic carbocycles. The molecule has 0 aliphatic carbocycles. The van der Waals surface area contributed by atoms with E-state index in [0.29, 0.717) is 15.9 Å². The van der Waals surface area contributed by atoms with Crippen molar-refractivity contribution in [2.24, 2.45) is 0 Å². The lowest BCUT2D eigenvalue weighted by Gasteiger charge is -1.92. The zero-order chi connectivity index (χ0) is 10.0. The van der Waals surface area contributed by atoms with E-state index in [2.05, 4.69) is 13.1 Å². The molecule has 0 aromatic rings. The number of hydrogen-bond acceptors (Lipinski definition) is 2. The molecule has 0 unspecified atom stereocenters. The Hall–Kier alpha value is 0.127. The van der Waals surface area contributed by atoms with Gasteiger partial charge < -0.3 is 0 Å². The number of hydrogen-bond donors (Lipinski definition) is 1. The van der Waals surface area contributed by atoms with Crippen LogP contribution in [0.15, 0.2) is 0 Å². The molecule has 0 saturated carbocycles. The second-order valence-corrected chi connectivity index (χ2v) is 5.69. The lowest BCUT2D eigenvalue weighted by molar-refractivity contribution is 0.480. The van der Waals surface area contributed by atoms with Gasteiger partial charge >= 0.3 is 0 Å². The summed E-state index contributed by atoms with van der Waals surface area (Å²) in [6, 6.07) is 0. The van der Waals surface area contributed by atoms with Gasteiger partial charge in [0.05, 0.1) is 5.75 Å². The van der Waals surface area contributed by atoms with Crippen LogP contribution in [-0.2, 0) is 10.1 Å². The van der Waals surface area contributed by atoms with Crippen molar-refractivity contribution in [2.45, 2.75) is 39.3 Å². The summed E-state index contributed by atoms with van der Waals surface area (Å²) in [6.45, 7) is 6.50. The second kappa shape index (κ2) is 9.22. The van der Waals surface area contributed by atoms with Crippen molar-refractivity contribution in [3.63, 3.8) is 0 Å². The van der Waals surface area contributed by atoms with Gasteiger partial charge in [0, 0.05) is 9.52 Å². The molecule has 0 heterocycles. The van der Waals surface area contributed by atoms with Gasteiger partial charge in [-0.3, -0.25) is 4.55 Å². The van der Waals surface area contributed by atoms with Gasteiger partial charge in [-0.2, -0.15) is 8.42 Å². The summed E-state index contributed by atoms with van der Waals surface area (Å²) in [5.74, 6) is -0.0964. The van der Waals surface area contributed by atoms with Gasteiger partial charge in [-0.15, -0.1) is 0 Å². The predicted molar refractivity (Wildman–Crippen MR) is 56.2 cm³/mol. The average Bonchev–Trinajstić information content (AvgIpc) is 1.87. The molecule has 0 bridgehead atoms. The summed E-state index contributed by atoms with van der Waals surface area (Å²) in [5, 5.41) is 0. The molecular formula is C7H20O3SSi. The average molecular weight is 212 g/mol. The van der Waals surface area contributed by atoms with Gasteiger partial charge in [0.25, 0.3) is 10.1 Å². The maximum atomic E-state index is 10.1. The molecule has 1 N–H and O–H groups in total. The lowest BCUT2D eigenvalue weighted by atomic mass is 10.3. The molecule has 3 nitrogen and oxygen atoms in total. The summed E-state index contributed by atoms with van der Waals surface area (Å²) >= 11 is 0. The molecule has 0 aliphatic rings. The molecule has 5 heteroatoms. The Morgan fingerprint density at radius 2 is 1.67 bits per heavy atom. The zero-order valence-electron chi connectivity index (χ0n) is 8.21. The molecule has 76 valence electrons. The summed E-state index contributed by atoms with van der Waals surface area (Å²) in [5.41, 5.74) is 0. The standard InChI is InChI=1S/C5H12O3S.C2H8Si/c1-2-3-4-5-9(6,7)8;1-3-2/h2-5H2,1H3,(H,6,7,8);3H2,1-2H3. The minimum absolute atomic E-state index is 0.0964. The highest BCUT2D eigenvalue weighted by Gasteiger charge is 2.01. The van der Waals surface area contributed by atoms with E-state index in [4.69, 9.17) is 4.55 Å². The van der Waals surface area contributed by atoms with E-state index in [1.807, 2.05) is 6.92 Å². The van der Waals surface area contributed by atoms with Crippen LogP contribution in [0.2, 0.25) is 13.1 Å². The van der Waals surface area contributed by atoms with Crippen molar-refractivity contribution in [3.8, 4) is 0 Å². The molecule has 0 saturated heterocycles. The second-order valence-electron chi connectivity index (χ2n) is 2.70. The van der Waals surface area contributed by atoms with E-state index >= 15 is 0 Å². The summed E-state index contributed by atoms with van der Waals surface area (Å²) in [6.07, 6.45) is 2.39. The Labute approximate surface area is 78.1 Å². The van der Waals surface area contributed by atoms with Gasteiger partial charge in [-0.25, -0.2) is 0 Å². The Kier molecular flexibility index (Phi) is 11.2. The highest BCUT2D eigenvalue weighted by molar-refractivity contribution is 7.85. The highest BCUT2D eigenvalue weighted by Crippen LogP contribution is 1.96. The van der Waals surface area contributed by atoms with Crippen LogP contribution >= 0.6 is 0 Å². The van der Waals surface area contributed by atoms with Crippen LogP contribution in [0.4, 0.5) is 0 Å². The lowest BCUT2D eigenvalue weighted by Crippen LogP contribution is -2.02. The monoisotopic (exact) mass is 212 g/mol. The first-order chi connectivity index (χ1) is 5.47. The van der Waals surface area contributed by atoms with E-state index in [-0.39, 0.29) is 5.75 Å². The number of rotatable bonds is 4. The quantitative estimate of drug-likeness (QED) is 0.434. The van der Waals surface area contributed by atoms with Crippen molar-refractivity contribution < 1.29 is 13.0 Å². The predicted octanol–water partition coefficient (Wildman–Crippen LogP) is 1.32. The van der Waals surface area contributed by atoms with Crippen LogP contribution in [0.1, 0.15) is 26.2 Å². The van der Waals surface area contributed by atoms with Crippen LogP contribution in [0.5, 0.6) is 0 Å². The topological polar surface area (TPSA) is 54.4 Å². The number of unbranched alkanes of at least 4 members (excludes halogenated alkanes) is 2. The Balaban J connectivity index is 0. The first-order valence-electron chi connectivity index (χ1n) is 4.43. The zero-order valence-corrected chi connectivity index (χ0v) is 10.4. The van der Waals surface area contributed by atoms with Gasteiger partial charge in [0.1, 0.15) is 0 Å². The SMILES string of the molecule is CCCCCS(=O)(=O)O.C[SiH2]C. The molecular weight excluding hydrogens is 192 g/mol. The summed E-state index contributed by atoms with van der Waals surface area (Å²) in [7, 11) is -3.28. The molecule has 0 aromatic heterocycles. The third-order valence-corrected chi connectivity index (χ3v) is 1.81. The fourth-order valence-corrected chi connectivity index (χ4v) is 1.10. The fourth-order valence-electron chi connectivity index (χ4n) is 0.534. The van der Waals surface area contributed by atoms with Gasteiger partial charge in [-0.05, 0) is 6.42 Å². The normalized spacial score (nSPS) is 10.3. The smallest absolute Gasteiger partial charge is 0.264 e. The molecule has 0 aliphatic heterocycles. The van der Waals surface area contributed by atoms with Crippen LogP contribution < -0.4 is 0 Å². The molecule has 12 heavy (non-hydrogen) atoms. The van der Waals surface area contributed by atoms with Crippen molar-refractivity contribution in [1.82, 2.24) is 0 Å². The third kappa shape index (κ3) is 22.5. The van der Waals surface area contributed by atoms with Crippen LogP contribution in [0.25, 0.3) is 0 Å². The van der Waals surface area contributed by atoms with Gasteiger partial charge in [0.2, 0.25) is 0 Å². The van der Waals surface area contributed by atoms with Gasteiger partial charge in [-0.1, -0.05) is 32.9 Å². The molecule has 0 rings (SSSR count). The molecule has 0 radical (unpaired) electrons. The minimum Gasteiger partial charge on any atom is -0.286 e. The Morgan fingerprint density at radius 3 is 1.92 bits per heavy atom. The van der Waals surface area contributed by atoms with E-state index < -0.39 is 10.1 Å². The van der Waals surface area contributed by atoms with Gasteiger partial charge in [0.15, 0.2) is 0 Å². The van der Waals surface area contributed by atoms with Crippen molar-refractivity contribution in [2.75, 3.05) is 5.75 Å². The molecule has 0 atom stereocenters. The van der Waals surface area contributed by atoms with Crippen LogP contribution in [0, 0.1) is 0 Å². The first kappa shape index (κ1) is 14.6. The highest BCUT2D eigenvalue weighted by atomic mass is 32.2. The third-order valence-electron chi connectivity index (χ3n) is 1.01. The Bertz CT molecular complexity index is 165. The maximum absolute atomic E-state index is 10.1. The van der Waals surface area contributed by atoms with E-state index in [9.17, 15) is 8.42 Å². The van der Waals surface area contributed by atoms with E-state index in [1.54, 1.807) is 0 Å². The van der Waals surface area contributed by atoms with Crippen LogP contribution in [-0.4, -0.2) is 28.2 Å². The van der Waals surface area contributed by atoms with E-state index in [1.165, 1.54) is 0 Å². The van der Waals surface area contributed by atoms with Crippen LogP contribution in [0.3, 0.4) is 0 Å². The Morgan fingerprint density at radius 1 is 1.25 bits per heavy atom. The molecule has 0 fully saturated rings. The molecule has 0 amide bonds. The van der Waals surface area contributed by atoms with Crippen molar-refractivity contribution in [3.05, 3.63) is 0 Å². The van der Waals surface area contributed by atoms with Crippen molar-refractivity contribution >= 4 is 19.6 Å². The minimum atomic E-state index is -3.70. The van der Waals surface area contributed by atoms with E-state index in [0.717, 1.165) is 12.8 Å². The summed E-state index contributed by atoms with van der Waals surface area (Å²) in [4.78, 5) is 0. The first-order valence-corrected chi connectivity index (χ1v) is 8.86. The summed E-state index contributed by atoms with van der Waals surface area (Å²) < 4.78 is 28.3. The largest absolute Gasteiger partial charge is 0.286 e.